The fraction of sp³-hybridized carbons (Fsp3) is 0.900. The van der Waals surface area contributed by atoms with E-state index in [1.165, 1.54) is 89.9 Å². The normalized spacial score (nSPS) is 11.0. The van der Waals surface area contributed by atoms with E-state index in [-0.39, 0.29) is 19.0 Å². The maximum atomic E-state index is 8.63. The van der Waals surface area contributed by atoms with E-state index in [9.17, 15) is 0 Å². The van der Waals surface area contributed by atoms with Crippen LogP contribution in [-0.2, 0) is 0 Å². The number of allylic oxidation sites excluding steroid dienone is 2. The number of hydrogen-bond acceptors (Lipinski definition) is 2. The smallest absolute Gasteiger partial charge is 0.0555 e. The molecule has 0 saturated carbocycles. The van der Waals surface area contributed by atoms with Gasteiger partial charge in [0, 0.05) is 6.54 Å². The van der Waals surface area contributed by atoms with Crippen LogP contribution in [0, 0.1) is 0 Å². The van der Waals surface area contributed by atoms with E-state index in [1.807, 2.05) is 0 Å². The summed E-state index contributed by atoms with van der Waals surface area (Å²) in [5.41, 5.74) is 0. The van der Waals surface area contributed by atoms with Crippen LogP contribution in [0.2, 0.25) is 0 Å². The predicted octanol–water partition coefficient (Wildman–Crippen LogP) is 6.03. The summed E-state index contributed by atoms with van der Waals surface area (Å²) in [7, 11) is 0. The molecule has 0 heterocycles. The van der Waals surface area contributed by atoms with Gasteiger partial charge in [0.1, 0.15) is 0 Å². The van der Waals surface area contributed by atoms with Gasteiger partial charge in [-0.25, -0.2) is 0 Å². The lowest BCUT2D eigenvalue weighted by atomic mass is 10.1. The molecular weight excluding hydrogens is 306 g/mol. The Morgan fingerprint density at radius 2 is 1.13 bits per heavy atom. The molecule has 0 fully saturated rings. The summed E-state index contributed by atoms with van der Waals surface area (Å²) >= 11 is 0. The highest BCUT2D eigenvalue weighted by atomic mass is 35.5. The molecular formula is C20H42ClNO. The van der Waals surface area contributed by atoms with Gasteiger partial charge in [-0.1, -0.05) is 76.9 Å². The van der Waals surface area contributed by atoms with Crippen LogP contribution in [0.5, 0.6) is 0 Å². The van der Waals surface area contributed by atoms with E-state index >= 15 is 0 Å². The zero-order valence-corrected chi connectivity index (χ0v) is 16.3. The van der Waals surface area contributed by atoms with Crippen molar-refractivity contribution in [1.29, 1.82) is 0 Å². The molecule has 0 spiro atoms. The van der Waals surface area contributed by atoms with Crippen LogP contribution in [0.1, 0.15) is 96.8 Å². The number of halogens is 1. The third kappa shape index (κ3) is 24.3. The van der Waals surface area contributed by atoms with Crippen molar-refractivity contribution in [3.8, 4) is 0 Å². The first-order valence-corrected chi connectivity index (χ1v) is 9.88. The molecule has 0 aromatic carbocycles. The first-order valence-electron chi connectivity index (χ1n) is 9.88. The highest BCUT2D eigenvalue weighted by Gasteiger charge is 1.91. The summed E-state index contributed by atoms with van der Waals surface area (Å²) in [5.74, 6) is 0. The van der Waals surface area contributed by atoms with Gasteiger partial charge in [-0.2, -0.15) is 0 Å². The third-order valence-electron chi connectivity index (χ3n) is 4.15. The molecule has 0 amide bonds. The topological polar surface area (TPSA) is 32.3 Å². The van der Waals surface area contributed by atoms with Gasteiger partial charge in [-0.05, 0) is 38.6 Å². The molecule has 2 N–H and O–H groups in total. The van der Waals surface area contributed by atoms with Crippen LogP contribution in [0.4, 0.5) is 0 Å². The predicted molar refractivity (Wildman–Crippen MR) is 107 cm³/mol. The Hall–Kier alpha value is -0.0500. The molecule has 0 aliphatic heterocycles. The number of nitrogens with one attached hydrogen (secondary N) is 1. The van der Waals surface area contributed by atoms with Gasteiger partial charge in [0.2, 0.25) is 0 Å². The lowest BCUT2D eigenvalue weighted by Crippen LogP contribution is -2.19. The van der Waals surface area contributed by atoms with E-state index in [0.717, 1.165) is 13.1 Å². The Morgan fingerprint density at radius 1 is 0.652 bits per heavy atom. The van der Waals surface area contributed by atoms with Crippen molar-refractivity contribution >= 4 is 12.4 Å². The van der Waals surface area contributed by atoms with Crippen LogP contribution < -0.4 is 5.32 Å². The Labute approximate surface area is 151 Å². The number of hydrogen-bond donors (Lipinski definition) is 2. The largest absolute Gasteiger partial charge is 0.395 e. The fourth-order valence-corrected chi connectivity index (χ4v) is 2.70. The molecule has 0 aromatic rings. The molecule has 0 aliphatic rings. The second-order valence-corrected chi connectivity index (χ2v) is 6.41. The molecule has 3 heteroatoms. The Morgan fingerprint density at radius 3 is 1.65 bits per heavy atom. The first kappa shape index (κ1) is 25.2. The molecule has 0 aromatic heterocycles. The Balaban J connectivity index is 0. The summed E-state index contributed by atoms with van der Waals surface area (Å²) in [6.07, 6.45) is 23.8. The van der Waals surface area contributed by atoms with E-state index in [1.54, 1.807) is 0 Å². The number of unbranched alkanes of at least 4 members (excludes halogenated alkanes) is 12. The first-order chi connectivity index (χ1) is 10.9. The standard InChI is InChI=1S/C20H41NO.ClH/c1-2-3-4-5-6-7-8-9-10-11-12-13-14-15-16-17-18-21-19-20-22;/h9-10,21-22H,2-8,11-20H2,1H3;1H/b10-9-;. The fourth-order valence-electron chi connectivity index (χ4n) is 2.70. The van der Waals surface area contributed by atoms with Gasteiger partial charge < -0.3 is 10.4 Å². The van der Waals surface area contributed by atoms with Gasteiger partial charge >= 0.3 is 0 Å². The van der Waals surface area contributed by atoms with Gasteiger partial charge in [0.25, 0.3) is 0 Å². The quantitative estimate of drug-likeness (QED) is 0.234. The second kappa shape index (κ2) is 24.2. The van der Waals surface area contributed by atoms with E-state index in [2.05, 4.69) is 24.4 Å². The monoisotopic (exact) mass is 347 g/mol. The number of rotatable bonds is 18. The minimum Gasteiger partial charge on any atom is -0.395 e. The molecule has 2 nitrogen and oxygen atoms in total. The summed E-state index contributed by atoms with van der Waals surface area (Å²) in [4.78, 5) is 0. The molecule has 0 unspecified atom stereocenters. The van der Waals surface area contributed by atoms with Crippen molar-refractivity contribution in [2.24, 2.45) is 0 Å². The zero-order chi connectivity index (χ0) is 16.1. The SMILES string of the molecule is CCCCCCCC/C=C\CCCCCCCCNCCO.Cl. The molecule has 0 rings (SSSR count). The summed E-state index contributed by atoms with van der Waals surface area (Å²) < 4.78 is 0. The average Bonchev–Trinajstić information content (AvgIpc) is 2.54. The number of aliphatic hydroxyl groups excluding tert-OH is 1. The number of aliphatic hydroxyl groups is 1. The lowest BCUT2D eigenvalue weighted by molar-refractivity contribution is 0.292. The molecule has 0 bridgehead atoms. The molecule has 23 heavy (non-hydrogen) atoms. The van der Waals surface area contributed by atoms with Crippen molar-refractivity contribution < 1.29 is 5.11 Å². The van der Waals surface area contributed by atoms with Crippen LogP contribution in [0.25, 0.3) is 0 Å². The highest BCUT2D eigenvalue weighted by molar-refractivity contribution is 5.85. The van der Waals surface area contributed by atoms with Crippen LogP contribution in [0.15, 0.2) is 12.2 Å². The maximum Gasteiger partial charge on any atom is 0.0555 e. The van der Waals surface area contributed by atoms with Crippen molar-refractivity contribution in [3.05, 3.63) is 12.2 Å². The van der Waals surface area contributed by atoms with Crippen LogP contribution >= 0.6 is 12.4 Å². The zero-order valence-electron chi connectivity index (χ0n) is 15.5. The lowest BCUT2D eigenvalue weighted by Gasteiger charge is -2.02. The van der Waals surface area contributed by atoms with Crippen molar-refractivity contribution in [3.63, 3.8) is 0 Å². The molecule has 0 atom stereocenters. The van der Waals surface area contributed by atoms with Crippen molar-refractivity contribution in [2.75, 3.05) is 19.7 Å². The minimum atomic E-state index is 0. The second-order valence-electron chi connectivity index (χ2n) is 6.41. The summed E-state index contributed by atoms with van der Waals surface area (Å²) in [5, 5.41) is 11.9. The molecule has 0 saturated heterocycles. The van der Waals surface area contributed by atoms with Gasteiger partial charge in [-0.15, -0.1) is 12.4 Å². The average molecular weight is 348 g/mol. The molecule has 0 radical (unpaired) electrons. The highest BCUT2D eigenvalue weighted by Crippen LogP contribution is 2.09. The Bertz CT molecular complexity index is 222. The minimum absolute atomic E-state index is 0. The van der Waals surface area contributed by atoms with E-state index in [0.29, 0.717) is 0 Å². The van der Waals surface area contributed by atoms with E-state index < -0.39 is 0 Å². The maximum absolute atomic E-state index is 8.63. The van der Waals surface area contributed by atoms with Gasteiger partial charge in [0.05, 0.1) is 6.61 Å². The summed E-state index contributed by atoms with van der Waals surface area (Å²) in [6.45, 7) is 4.33. The third-order valence-corrected chi connectivity index (χ3v) is 4.15. The molecule has 140 valence electrons. The van der Waals surface area contributed by atoms with Crippen molar-refractivity contribution in [1.82, 2.24) is 5.32 Å². The van der Waals surface area contributed by atoms with Gasteiger partial charge in [-0.3, -0.25) is 0 Å². The van der Waals surface area contributed by atoms with Crippen molar-refractivity contribution in [2.45, 2.75) is 96.8 Å². The Kier molecular flexibility index (Phi) is 26.5. The van der Waals surface area contributed by atoms with Crippen LogP contribution in [0.3, 0.4) is 0 Å². The summed E-state index contributed by atoms with van der Waals surface area (Å²) in [6, 6.07) is 0. The van der Waals surface area contributed by atoms with Crippen LogP contribution in [-0.4, -0.2) is 24.8 Å². The van der Waals surface area contributed by atoms with Gasteiger partial charge in [0.15, 0.2) is 0 Å². The molecule has 0 aliphatic carbocycles. The van der Waals surface area contributed by atoms with E-state index in [4.69, 9.17) is 5.11 Å².